The largest absolute Gasteiger partial charge is 0.351 e. The number of H-pyrrole nitrogens is 1. The number of hydrogen-bond donors (Lipinski definition) is 2. The second-order valence-corrected chi connectivity index (χ2v) is 6.66. The van der Waals surface area contributed by atoms with E-state index in [1.165, 1.54) is 31.7 Å². The number of pyridine rings is 1. The molecule has 2 fully saturated rings. The van der Waals surface area contributed by atoms with Crippen LogP contribution in [0.25, 0.3) is 0 Å². The normalized spacial score (nSPS) is 19.9. The fourth-order valence-electron chi connectivity index (χ4n) is 2.95. The first-order valence-electron chi connectivity index (χ1n) is 7.53. The number of rotatable bonds is 5. The molecule has 108 valence electrons. The summed E-state index contributed by atoms with van der Waals surface area (Å²) in [5.74, 6) is 0.912. The Bertz CT molecular complexity index is 580. The van der Waals surface area contributed by atoms with Gasteiger partial charge in [0.1, 0.15) is 0 Å². The van der Waals surface area contributed by atoms with Crippen molar-refractivity contribution in [1.82, 2.24) is 10.3 Å². The van der Waals surface area contributed by atoms with Gasteiger partial charge >= 0.3 is 0 Å². The number of hydrogen-bond acceptors (Lipinski definition) is 2. The van der Waals surface area contributed by atoms with Gasteiger partial charge in [0.05, 0.1) is 0 Å². The molecule has 0 bridgehead atoms. The van der Waals surface area contributed by atoms with E-state index < -0.39 is 0 Å². The monoisotopic (exact) mass is 274 g/mol. The van der Waals surface area contributed by atoms with Gasteiger partial charge in [0.2, 0.25) is 5.56 Å². The molecule has 0 radical (unpaired) electrons. The molecule has 1 aromatic rings. The molecule has 1 heterocycles. The predicted octanol–water partition coefficient (Wildman–Crippen LogP) is 2.42. The minimum atomic E-state index is -0.204. The highest BCUT2D eigenvalue weighted by Crippen LogP contribution is 2.60. The van der Waals surface area contributed by atoms with Crippen LogP contribution < -0.4 is 10.9 Å². The van der Waals surface area contributed by atoms with Crippen LogP contribution in [0, 0.1) is 11.3 Å². The Kier molecular flexibility index (Phi) is 3.19. The summed E-state index contributed by atoms with van der Waals surface area (Å²) in [6.45, 7) is 4.76. The topological polar surface area (TPSA) is 62.0 Å². The van der Waals surface area contributed by atoms with Crippen LogP contribution in [0.4, 0.5) is 0 Å². The minimum Gasteiger partial charge on any atom is -0.351 e. The first-order chi connectivity index (χ1) is 9.50. The van der Waals surface area contributed by atoms with Crippen LogP contribution in [0.1, 0.15) is 61.5 Å². The van der Waals surface area contributed by atoms with Gasteiger partial charge in [-0.1, -0.05) is 13.8 Å². The van der Waals surface area contributed by atoms with E-state index in [4.69, 9.17) is 0 Å². The van der Waals surface area contributed by atoms with Crippen molar-refractivity contribution in [2.75, 3.05) is 6.54 Å². The third kappa shape index (κ3) is 2.65. The number of carbonyl (C=O) groups is 1. The zero-order chi connectivity index (χ0) is 14.3. The zero-order valence-electron chi connectivity index (χ0n) is 12.2. The van der Waals surface area contributed by atoms with Gasteiger partial charge in [-0.3, -0.25) is 9.59 Å². The molecule has 20 heavy (non-hydrogen) atoms. The minimum absolute atomic E-state index is 0.120. The first kappa shape index (κ1) is 13.4. The maximum absolute atomic E-state index is 12.2. The number of aromatic nitrogens is 1. The molecule has 2 N–H and O–H groups in total. The van der Waals surface area contributed by atoms with E-state index in [0.29, 0.717) is 11.0 Å². The molecule has 0 atom stereocenters. The van der Waals surface area contributed by atoms with Gasteiger partial charge in [0.15, 0.2) is 0 Å². The summed E-state index contributed by atoms with van der Waals surface area (Å²) < 4.78 is 0. The van der Waals surface area contributed by atoms with E-state index in [-0.39, 0.29) is 17.4 Å². The molecule has 2 aliphatic carbocycles. The number of nitrogens with one attached hydrogen (secondary N) is 2. The van der Waals surface area contributed by atoms with Gasteiger partial charge in [-0.2, -0.15) is 0 Å². The van der Waals surface area contributed by atoms with Gasteiger partial charge in [0, 0.05) is 23.9 Å². The lowest BCUT2D eigenvalue weighted by atomic mass is 10.0. The van der Waals surface area contributed by atoms with Crippen LogP contribution in [0.2, 0.25) is 0 Å². The van der Waals surface area contributed by atoms with Gasteiger partial charge in [-0.05, 0) is 49.0 Å². The molecule has 4 heteroatoms. The number of amides is 1. The van der Waals surface area contributed by atoms with E-state index in [0.717, 1.165) is 18.2 Å². The van der Waals surface area contributed by atoms with Crippen molar-refractivity contribution < 1.29 is 4.79 Å². The van der Waals surface area contributed by atoms with Crippen molar-refractivity contribution in [3.8, 4) is 0 Å². The van der Waals surface area contributed by atoms with Crippen molar-refractivity contribution in [3.63, 3.8) is 0 Å². The molecule has 0 aromatic carbocycles. The van der Waals surface area contributed by atoms with Gasteiger partial charge in [-0.15, -0.1) is 0 Å². The summed E-state index contributed by atoms with van der Waals surface area (Å²) in [6, 6.07) is 3.18. The highest BCUT2D eigenvalue weighted by molar-refractivity contribution is 5.94. The number of aromatic amines is 1. The maximum Gasteiger partial charge on any atom is 0.251 e. The third-order valence-corrected chi connectivity index (χ3v) is 4.69. The molecular formula is C16H22N2O2. The molecule has 1 aromatic heterocycles. The van der Waals surface area contributed by atoms with E-state index in [9.17, 15) is 9.59 Å². The highest BCUT2D eigenvalue weighted by Gasteiger charge is 2.53. The Morgan fingerprint density at radius 1 is 1.40 bits per heavy atom. The van der Waals surface area contributed by atoms with E-state index in [2.05, 4.69) is 10.3 Å². The lowest BCUT2D eigenvalue weighted by Crippen LogP contribution is -2.32. The van der Waals surface area contributed by atoms with Crippen molar-refractivity contribution in [2.45, 2.75) is 45.4 Å². The second kappa shape index (κ2) is 4.76. The fourth-order valence-corrected chi connectivity index (χ4v) is 2.95. The lowest BCUT2D eigenvalue weighted by molar-refractivity contribution is 0.0942. The van der Waals surface area contributed by atoms with Crippen LogP contribution >= 0.6 is 0 Å². The number of carbonyl (C=O) groups excluding carboxylic acids is 1. The maximum atomic E-state index is 12.2. The summed E-state index contributed by atoms with van der Waals surface area (Å²) in [5, 5.41) is 3.02. The summed E-state index contributed by atoms with van der Waals surface area (Å²) in [7, 11) is 0. The Balaban J connectivity index is 1.69. The first-order valence-corrected chi connectivity index (χ1v) is 7.53. The highest BCUT2D eigenvalue weighted by atomic mass is 16.2. The molecule has 1 amide bonds. The molecule has 0 aliphatic heterocycles. The van der Waals surface area contributed by atoms with Gasteiger partial charge in [-0.25, -0.2) is 0 Å². The van der Waals surface area contributed by atoms with Crippen LogP contribution in [0.3, 0.4) is 0 Å². The van der Waals surface area contributed by atoms with Crippen LogP contribution in [0.15, 0.2) is 16.9 Å². The van der Waals surface area contributed by atoms with Crippen molar-refractivity contribution >= 4 is 5.91 Å². The summed E-state index contributed by atoms with van der Waals surface area (Å²) in [4.78, 5) is 26.6. The Morgan fingerprint density at radius 2 is 2.10 bits per heavy atom. The van der Waals surface area contributed by atoms with Crippen molar-refractivity contribution in [3.05, 3.63) is 33.7 Å². The van der Waals surface area contributed by atoms with Gasteiger partial charge in [0.25, 0.3) is 5.91 Å². The van der Waals surface area contributed by atoms with Crippen molar-refractivity contribution in [1.29, 1.82) is 0 Å². The molecule has 3 rings (SSSR count). The van der Waals surface area contributed by atoms with Crippen LogP contribution in [-0.2, 0) is 0 Å². The summed E-state index contributed by atoms with van der Waals surface area (Å²) in [6.07, 6.45) is 5.12. The van der Waals surface area contributed by atoms with Crippen LogP contribution in [0.5, 0.6) is 0 Å². The average Bonchev–Trinajstić information content (AvgIpc) is 3.27. The standard InChI is InChI=1S/C16H22N2O2/c1-10(2)13-7-11(8-14(19)18-13)15(20)17-9-16(5-6-16)12-3-4-12/h7-8,10,12H,3-6,9H2,1-2H3,(H,17,20)(H,18,19). The lowest BCUT2D eigenvalue weighted by Gasteiger charge is -2.15. The van der Waals surface area contributed by atoms with Gasteiger partial charge < -0.3 is 10.3 Å². The second-order valence-electron chi connectivity index (χ2n) is 6.66. The molecule has 0 spiro atoms. The molecule has 0 unspecified atom stereocenters. The third-order valence-electron chi connectivity index (χ3n) is 4.69. The summed E-state index contributed by atoms with van der Waals surface area (Å²) >= 11 is 0. The van der Waals surface area contributed by atoms with Crippen LogP contribution in [-0.4, -0.2) is 17.4 Å². The smallest absolute Gasteiger partial charge is 0.251 e. The van der Waals surface area contributed by atoms with E-state index in [1.54, 1.807) is 6.07 Å². The fraction of sp³-hybridized carbons (Fsp3) is 0.625. The molecular weight excluding hydrogens is 252 g/mol. The Hall–Kier alpha value is -1.58. The predicted molar refractivity (Wildman–Crippen MR) is 77.9 cm³/mol. The average molecular weight is 274 g/mol. The van der Waals surface area contributed by atoms with E-state index in [1.807, 2.05) is 13.8 Å². The zero-order valence-corrected chi connectivity index (χ0v) is 12.2. The Morgan fingerprint density at radius 3 is 2.65 bits per heavy atom. The SMILES string of the molecule is CC(C)c1cc(C(=O)NCC2(C3CC3)CC2)cc(=O)[nH]1. The molecule has 2 aliphatic rings. The van der Waals surface area contributed by atoms with E-state index >= 15 is 0 Å². The summed E-state index contributed by atoms with van der Waals surface area (Å²) in [5.41, 5.74) is 1.47. The molecule has 0 saturated heterocycles. The molecule has 4 nitrogen and oxygen atoms in total. The quantitative estimate of drug-likeness (QED) is 0.866. The Labute approximate surface area is 119 Å². The molecule has 2 saturated carbocycles. The van der Waals surface area contributed by atoms with Crippen molar-refractivity contribution in [2.24, 2.45) is 11.3 Å².